The lowest BCUT2D eigenvalue weighted by Gasteiger charge is -2.10. The third kappa shape index (κ3) is 6.45. The van der Waals surface area contributed by atoms with Gasteiger partial charge in [0.05, 0.1) is 25.9 Å². The van der Waals surface area contributed by atoms with Crippen molar-refractivity contribution in [2.45, 2.75) is 20.0 Å². The summed E-state index contributed by atoms with van der Waals surface area (Å²) in [6.45, 7) is 5.49. The minimum atomic E-state index is -0.0618. The van der Waals surface area contributed by atoms with Crippen LogP contribution < -0.4 is 20.7 Å². The highest BCUT2D eigenvalue weighted by Crippen LogP contribution is 2.13. The van der Waals surface area contributed by atoms with Gasteiger partial charge in [0.25, 0.3) is 0 Å². The molecule has 0 aliphatic carbocycles. The lowest BCUT2D eigenvalue weighted by atomic mass is 10.5. The van der Waals surface area contributed by atoms with Gasteiger partial charge in [-0.25, -0.2) is 5.84 Å². The zero-order valence-corrected chi connectivity index (χ0v) is 12.0. The van der Waals surface area contributed by atoms with E-state index in [1.165, 1.54) is 0 Å². The van der Waals surface area contributed by atoms with Gasteiger partial charge in [-0.3, -0.25) is 5.43 Å². The summed E-state index contributed by atoms with van der Waals surface area (Å²) in [6.07, 6.45) is -0.0618. The van der Waals surface area contributed by atoms with Crippen LogP contribution in [0.5, 0.6) is 12.0 Å². The molecular weight excluding hydrogens is 266 g/mol. The molecule has 0 aliphatic rings. The summed E-state index contributed by atoms with van der Waals surface area (Å²) in [5.74, 6) is 5.45. The first-order valence-electron chi connectivity index (χ1n) is 6.24. The van der Waals surface area contributed by atoms with Crippen molar-refractivity contribution in [1.29, 1.82) is 0 Å². The molecule has 0 bridgehead atoms. The SMILES string of the molecule is COCCOCCOc1nc(NN)nc(OC(C)C)n1. The third-order valence-electron chi connectivity index (χ3n) is 1.96. The Hall–Kier alpha value is -1.71. The smallest absolute Gasteiger partial charge is 0.324 e. The Morgan fingerprint density at radius 2 is 1.75 bits per heavy atom. The average Bonchev–Trinajstić information content (AvgIpc) is 2.41. The van der Waals surface area contributed by atoms with Crippen LogP contribution in [0.4, 0.5) is 5.95 Å². The highest BCUT2D eigenvalue weighted by molar-refractivity contribution is 5.25. The second-order valence-corrected chi connectivity index (χ2v) is 3.99. The molecule has 0 saturated heterocycles. The topological polar surface area (TPSA) is 114 Å². The standard InChI is InChI=1S/C11H21N5O4/c1-8(2)20-11-14-9(16-12)13-10(15-11)19-7-6-18-5-4-17-3/h8H,4-7,12H2,1-3H3,(H,13,14,15,16). The lowest BCUT2D eigenvalue weighted by molar-refractivity contribution is 0.0525. The Bertz CT molecular complexity index is 391. The maximum absolute atomic E-state index is 5.37. The van der Waals surface area contributed by atoms with E-state index in [-0.39, 0.29) is 24.1 Å². The van der Waals surface area contributed by atoms with E-state index in [2.05, 4.69) is 20.4 Å². The minimum Gasteiger partial charge on any atom is -0.461 e. The third-order valence-corrected chi connectivity index (χ3v) is 1.96. The van der Waals surface area contributed by atoms with Gasteiger partial charge in [-0.05, 0) is 13.8 Å². The Labute approximate surface area is 117 Å². The first kappa shape index (κ1) is 16.3. The molecule has 1 heterocycles. The number of aromatic nitrogens is 3. The maximum Gasteiger partial charge on any atom is 0.324 e. The molecule has 0 fully saturated rings. The largest absolute Gasteiger partial charge is 0.461 e. The van der Waals surface area contributed by atoms with Gasteiger partial charge in [0, 0.05) is 7.11 Å². The van der Waals surface area contributed by atoms with Gasteiger partial charge < -0.3 is 18.9 Å². The summed E-state index contributed by atoms with van der Waals surface area (Å²) in [6, 6.07) is 0.275. The van der Waals surface area contributed by atoms with Crippen molar-refractivity contribution < 1.29 is 18.9 Å². The van der Waals surface area contributed by atoms with Crippen molar-refractivity contribution in [1.82, 2.24) is 15.0 Å². The van der Waals surface area contributed by atoms with Gasteiger partial charge in [0.15, 0.2) is 0 Å². The number of hydrogen-bond acceptors (Lipinski definition) is 9. The fourth-order valence-electron chi connectivity index (χ4n) is 1.17. The molecule has 0 aromatic carbocycles. The first-order chi connectivity index (χ1) is 9.65. The molecule has 3 N–H and O–H groups in total. The van der Waals surface area contributed by atoms with E-state index < -0.39 is 0 Å². The number of hydrazine groups is 1. The molecular formula is C11H21N5O4. The molecule has 114 valence electrons. The van der Waals surface area contributed by atoms with Crippen molar-refractivity contribution >= 4 is 5.95 Å². The number of nitrogens with two attached hydrogens (primary N) is 1. The van der Waals surface area contributed by atoms with Crippen LogP contribution in [-0.2, 0) is 9.47 Å². The van der Waals surface area contributed by atoms with Crippen molar-refractivity contribution in [2.24, 2.45) is 5.84 Å². The Morgan fingerprint density at radius 3 is 2.40 bits per heavy atom. The quantitative estimate of drug-likeness (QED) is 0.348. The maximum atomic E-state index is 5.37. The van der Waals surface area contributed by atoms with Gasteiger partial charge in [-0.15, -0.1) is 4.98 Å². The minimum absolute atomic E-state index is 0.0618. The molecule has 20 heavy (non-hydrogen) atoms. The van der Waals surface area contributed by atoms with E-state index >= 15 is 0 Å². The number of nitrogens with one attached hydrogen (secondary N) is 1. The fourth-order valence-corrected chi connectivity index (χ4v) is 1.17. The summed E-state index contributed by atoms with van der Waals surface area (Å²) >= 11 is 0. The monoisotopic (exact) mass is 287 g/mol. The Balaban J connectivity index is 2.47. The van der Waals surface area contributed by atoms with Crippen LogP contribution in [0.1, 0.15) is 13.8 Å². The second kappa shape index (κ2) is 9.23. The van der Waals surface area contributed by atoms with E-state index in [1.54, 1.807) is 7.11 Å². The van der Waals surface area contributed by atoms with Crippen LogP contribution in [0.15, 0.2) is 0 Å². The molecule has 0 radical (unpaired) electrons. The number of methoxy groups -OCH3 is 1. The number of ether oxygens (including phenoxy) is 4. The van der Waals surface area contributed by atoms with Crippen LogP contribution in [-0.4, -0.2) is 54.6 Å². The fraction of sp³-hybridized carbons (Fsp3) is 0.727. The van der Waals surface area contributed by atoms with Crippen LogP contribution >= 0.6 is 0 Å². The molecule has 1 aromatic heterocycles. The van der Waals surface area contributed by atoms with E-state index in [1.807, 2.05) is 13.8 Å². The van der Waals surface area contributed by atoms with Crippen LogP contribution in [0.25, 0.3) is 0 Å². The van der Waals surface area contributed by atoms with Crippen LogP contribution in [0.2, 0.25) is 0 Å². The van der Waals surface area contributed by atoms with E-state index in [0.717, 1.165) is 0 Å². The molecule has 0 atom stereocenters. The molecule has 1 aromatic rings. The van der Waals surface area contributed by atoms with Gasteiger partial charge in [0.1, 0.15) is 6.61 Å². The lowest BCUT2D eigenvalue weighted by Crippen LogP contribution is -2.16. The number of hydrogen-bond donors (Lipinski definition) is 2. The zero-order valence-electron chi connectivity index (χ0n) is 12.0. The molecule has 9 nitrogen and oxygen atoms in total. The Morgan fingerprint density at radius 1 is 1.05 bits per heavy atom. The summed E-state index contributed by atoms with van der Waals surface area (Å²) in [7, 11) is 1.61. The Kier molecular flexibility index (Phi) is 7.55. The summed E-state index contributed by atoms with van der Waals surface area (Å²) in [5, 5.41) is 0. The summed E-state index contributed by atoms with van der Waals surface area (Å²) < 4.78 is 20.8. The molecule has 0 amide bonds. The number of nitrogen functional groups attached to an aromatic ring is 1. The van der Waals surface area contributed by atoms with Gasteiger partial charge in [-0.1, -0.05) is 0 Å². The van der Waals surface area contributed by atoms with Gasteiger partial charge in [-0.2, -0.15) is 9.97 Å². The van der Waals surface area contributed by atoms with Gasteiger partial charge in [0.2, 0.25) is 5.95 Å². The summed E-state index contributed by atoms with van der Waals surface area (Å²) in [4.78, 5) is 11.9. The predicted octanol–water partition coefficient (Wildman–Crippen LogP) is -0.0138. The highest BCUT2D eigenvalue weighted by atomic mass is 16.5. The van der Waals surface area contributed by atoms with Crippen molar-refractivity contribution in [3.63, 3.8) is 0 Å². The van der Waals surface area contributed by atoms with Crippen molar-refractivity contribution in [3.8, 4) is 12.0 Å². The highest BCUT2D eigenvalue weighted by Gasteiger charge is 2.09. The second-order valence-electron chi connectivity index (χ2n) is 3.99. The normalized spacial score (nSPS) is 10.7. The van der Waals surface area contributed by atoms with E-state index in [4.69, 9.17) is 24.8 Å². The van der Waals surface area contributed by atoms with Crippen molar-refractivity contribution in [2.75, 3.05) is 39.0 Å². The molecule has 1 rings (SSSR count). The summed E-state index contributed by atoms with van der Waals surface area (Å²) in [5.41, 5.74) is 2.33. The zero-order chi connectivity index (χ0) is 14.8. The van der Waals surface area contributed by atoms with E-state index in [9.17, 15) is 0 Å². The van der Waals surface area contributed by atoms with Crippen molar-refractivity contribution in [3.05, 3.63) is 0 Å². The van der Waals surface area contributed by atoms with Gasteiger partial charge >= 0.3 is 12.0 Å². The molecule has 0 unspecified atom stereocenters. The molecule has 9 heteroatoms. The van der Waals surface area contributed by atoms with E-state index in [0.29, 0.717) is 26.4 Å². The molecule has 0 saturated carbocycles. The first-order valence-corrected chi connectivity index (χ1v) is 6.24. The number of nitrogens with zero attached hydrogens (tertiary/aromatic N) is 3. The number of anilines is 1. The molecule has 0 spiro atoms. The molecule has 0 aliphatic heterocycles. The predicted molar refractivity (Wildman–Crippen MR) is 71.6 cm³/mol. The van der Waals surface area contributed by atoms with Crippen LogP contribution in [0, 0.1) is 0 Å². The number of rotatable bonds is 10. The van der Waals surface area contributed by atoms with Crippen LogP contribution in [0.3, 0.4) is 0 Å². The average molecular weight is 287 g/mol.